The molecule has 0 spiro atoms. The minimum atomic E-state index is -0.439. The third kappa shape index (κ3) is 0.721. The molecule has 0 aliphatic heterocycles. The zero-order valence-corrected chi connectivity index (χ0v) is 5.28. The number of fused-ring (bicyclic) bond motifs is 1. The molecule has 0 unspecified atom stereocenters. The van der Waals surface area contributed by atoms with Gasteiger partial charge in [-0.2, -0.15) is 0 Å². The van der Waals surface area contributed by atoms with Gasteiger partial charge in [0.1, 0.15) is 6.33 Å². The number of rotatable bonds is 0. The second-order valence-corrected chi connectivity index (χ2v) is 1.96. The number of halogens is 1. The Balaban J connectivity index is 3.06. The van der Waals surface area contributed by atoms with Crippen LogP contribution in [0.4, 0.5) is 4.48 Å². The van der Waals surface area contributed by atoms with Gasteiger partial charge in [0.2, 0.25) is 0 Å². The summed E-state index contributed by atoms with van der Waals surface area (Å²) >= 11 is 0. The van der Waals surface area contributed by atoms with Gasteiger partial charge in [0.05, 0.1) is 6.33 Å². The van der Waals surface area contributed by atoms with Crippen molar-refractivity contribution in [3.05, 3.63) is 23.0 Å². The van der Waals surface area contributed by atoms with E-state index in [0.717, 1.165) is 12.7 Å². The maximum atomic E-state index is 12.6. The van der Waals surface area contributed by atoms with Crippen molar-refractivity contribution in [1.29, 1.82) is 0 Å². The highest BCUT2D eigenvalue weighted by molar-refractivity contribution is 5.68. The van der Waals surface area contributed by atoms with Crippen molar-refractivity contribution in [3.63, 3.8) is 0 Å². The molecule has 56 valence electrons. The van der Waals surface area contributed by atoms with Crippen LogP contribution in [-0.2, 0) is 0 Å². The van der Waals surface area contributed by atoms with Gasteiger partial charge < -0.3 is 4.98 Å². The van der Waals surface area contributed by atoms with Crippen LogP contribution in [0.3, 0.4) is 0 Å². The van der Waals surface area contributed by atoms with Crippen molar-refractivity contribution in [2.24, 2.45) is 0 Å². The second-order valence-electron chi connectivity index (χ2n) is 1.96. The number of hydrogen-bond acceptors (Lipinski definition) is 3. The fourth-order valence-corrected chi connectivity index (χ4v) is 0.819. The van der Waals surface area contributed by atoms with Crippen molar-refractivity contribution in [2.45, 2.75) is 0 Å². The normalized spacial score (nSPS) is 10.6. The molecule has 0 aromatic carbocycles. The summed E-state index contributed by atoms with van der Waals surface area (Å²) in [5.74, 6) is 0. The third-order valence-corrected chi connectivity index (χ3v) is 1.30. The highest BCUT2D eigenvalue weighted by Gasteiger charge is 2.04. The predicted molar refractivity (Wildman–Crippen MR) is 34.7 cm³/mol. The van der Waals surface area contributed by atoms with Crippen LogP contribution in [0.25, 0.3) is 11.2 Å². The Morgan fingerprint density at radius 2 is 2.36 bits per heavy atom. The van der Waals surface area contributed by atoms with E-state index in [1.54, 1.807) is 0 Å². The number of nitrogens with one attached hydrogen (secondary N) is 1. The summed E-state index contributed by atoms with van der Waals surface area (Å²) in [5.41, 5.74) is -0.491. The number of hydrogen-bond donors (Lipinski definition) is 1. The van der Waals surface area contributed by atoms with Gasteiger partial charge in [-0.25, -0.2) is 9.97 Å². The zero-order valence-electron chi connectivity index (χ0n) is 5.28. The number of aromatic nitrogens is 4. The summed E-state index contributed by atoms with van der Waals surface area (Å²) in [5, 5.41) is 0. The molecule has 5 nitrogen and oxygen atoms in total. The maximum Gasteiger partial charge on any atom is 0.278 e. The van der Waals surface area contributed by atoms with E-state index in [4.69, 9.17) is 0 Å². The van der Waals surface area contributed by atoms with Crippen LogP contribution in [0.1, 0.15) is 0 Å². The Labute approximate surface area is 59.5 Å². The smallest absolute Gasteiger partial charge is 0.278 e. The average Bonchev–Trinajstić information content (AvgIpc) is 2.35. The summed E-state index contributed by atoms with van der Waals surface area (Å²) in [6.45, 7) is 0. The summed E-state index contributed by atoms with van der Waals surface area (Å²) in [6, 6.07) is 0. The zero-order chi connectivity index (χ0) is 7.84. The topological polar surface area (TPSA) is 63.6 Å². The lowest BCUT2D eigenvalue weighted by Crippen LogP contribution is -2.06. The van der Waals surface area contributed by atoms with Crippen LogP contribution in [0.15, 0.2) is 17.4 Å². The van der Waals surface area contributed by atoms with Crippen LogP contribution >= 0.6 is 0 Å². The summed E-state index contributed by atoms with van der Waals surface area (Å²) in [6.07, 6.45) is 2.02. The van der Waals surface area contributed by atoms with E-state index in [1.165, 1.54) is 0 Å². The van der Waals surface area contributed by atoms with Crippen molar-refractivity contribution in [1.82, 2.24) is 19.7 Å². The molecular formula is C5H3FN4O. The number of nitrogens with zero attached hydrogens (tertiary/aromatic N) is 3. The largest absolute Gasteiger partial charge is 0.311 e. The molecule has 0 saturated heterocycles. The van der Waals surface area contributed by atoms with Crippen LogP contribution in [0.5, 0.6) is 0 Å². The highest BCUT2D eigenvalue weighted by atomic mass is 19.2. The van der Waals surface area contributed by atoms with Gasteiger partial charge in [0.15, 0.2) is 11.2 Å². The van der Waals surface area contributed by atoms with Crippen LogP contribution in [0, 0.1) is 0 Å². The molecular weight excluding hydrogens is 151 g/mol. The van der Waals surface area contributed by atoms with Gasteiger partial charge in [0.25, 0.3) is 5.56 Å². The van der Waals surface area contributed by atoms with E-state index in [1.807, 2.05) is 0 Å². The molecule has 2 aromatic heterocycles. The first-order valence-electron chi connectivity index (χ1n) is 2.86. The van der Waals surface area contributed by atoms with Crippen LogP contribution in [-0.4, -0.2) is 19.7 Å². The third-order valence-electron chi connectivity index (χ3n) is 1.30. The molecule has 0 aliphatic carbocycles. The van der Waals surface area contributed by atoms with E-state index < -0.39 is 5.56 Å². The quantitative estimate of drug-likeness (QED) is 0.574. The summed E-state index contributed by atoms with van der Waals surface area (Å²) < 4.78 is 12.6. The van der Waals surface area contributed by atoms with Gasteiger partial charge in [-0.05, 0) is 0 Å². The maximum absolute atomic E-state index is 12.6. The van der Waals surface area contributed by atoms with E-state index in [0.29, 0.717) is 0 Å². The van der Waals surface area contributed by atoms with E-state index >= 15 is 0 Å². The van der Waals surface area contributed by atoms with Crippen molar-refractivity contribution in [3.8, 4) is 0 Å². The number of aromatic amines is 1. The molecule has 0 atom stereocenters. The minimum Gasteiger partial charge on any atom is -0.311 e. The molecule has 0 fully saturated rings. The Bertz CT molecular complexity index is 445. The van der Waals surface area contributed by atoms with Gasteiger partial charge in [-0.3, -0.25) is 4.79 Å². The van der Waals surface area contributed by atoms with Gasteiger partial charge >= 0.3 is 0 Å². The second kappa shape index (κ2) is 1.88. The molecule has 0 amide bonds. The molecule has 2 rings (SSSR count). The predicted octanol–water partition coefficient (Wildman–Crippen LogP) is -0.148. The molecule has 0 radical (unpaired) electrons. The minimum absolute atomic E-state index is 0.00926. The molecule has 2 heterocycles. The lowest BCUT2D eigenvalue weighted by atomic mass is 10.6. The molecule has 6 heteroatoms. The van der Waals surface area contributed by atoms with Crippen molar-refractivity contribution < 1.29 is 4.48 Å². The summed E-state index contributed by atoms with van der Waals surface area (Å²) in [7, 11) is 0. The molecule has 0 bridgehead atoms. The molecule has 11 heavy (non-hydrogen) atoms. The SMILES string of the molecule is O=c1[nH]cnc2c1ncn2F. The van der Waals surface area contributed by atoms with Gasteiger partial charge in [0, 0.05) is 0 Å². The van der Waals surface area contributed by atoms with E-state index in [-0.39, 0.29) is 16.0 Å². The lowest BCUT2D eigenvalue weighted by Gasteiger charge is -1.85. The average molecular weight is 154 g/mol. The Hall–Kier alpha value is -1.72. The first-order chi connectivity index (χ1) is 5.29. The first kappa shape index (κ1) is 6.02. The van der Waals surface area contributed by atoms with Crippen LogP contribution < -0.4 is 5.56 Å². The molecule has 0 aliphatic rings. The Morgan fingerprint density at radius 1 is 1.55 bits per heavy atom. The van der Waals surface area contributed by atoms with E-state index in [9.17, 15) is 9.28 Å². The van der Waals surface area contributed by atoms with Crippen LogP contribution in [0.2, 0.25) is 0 Å². The fourth-order valence-electron chi connectivity index (χ4n) is 0.819. The van der Waals surface area contributed by atoms with Crippen molar-refractivity contribution >= 4 is 11.2 Å². The fraction of sp³-hybridized carbons (Fsp3) is 0. The van der Waals surface area contributed by atoms with Gasteiger partial charge in [-0.15, -0.1) is 4.79 Å². The standard InChI is InChI=1S/C5H3FN4O/c6-10-2-9-3-4(10)7-1-8-5(3)11/h1-2H,(H,7,8,11). The van der Waals surface area contributed by atoms with E-state index in [2.05, 4.69) is 15.0 Å². The molecule has 0 saturated carbocycles. The number of imidazole rings is 1. The highest BCUT2D eigenvalue weighted by Crippen LogP contribution is 2.01. The molecule has 1 N–H and O–H groups in total. The molecule has 2 aromatic rings. The Morgan fingerprint density at radius 3 is 3.09 bits per heavy atom. The lowest BCUT2D eigenvalue weighted by molar-refractivity contribution is 0.381. The Kier molecular flexibility index (Phi) is 1.03. The number of H-pyrrole nitrogens is 1. The van der Waals surface area contributed by atoms with Crippen molar-refractivity contribution in [2.75, 3.05) is 0 Å². The summed E-state index contributed by atoms with van der Waals surface area (Å²) in [4.78, 5) is 20.4. The monoisotopic (exact) mass is 154 g/mol. The van der Waals surface area contributed by atoms with Gasteiger partial charge in [-0.1, -0.05) is 4.48 Å². The first-order valence-corrected chi connectivity index (χ1v) is 2.86.